The van der Waals surface area contributed by atoms with E-state index in [0.717, 1.165) is 6.07 Å². The lowest BCUT2D eigenvalue weighted by molar-refractivity contribution is -0.148. The summed E-state index contributed by atoms with van der Waals surface area (Å²) in [5, 5.41) is 9.20. The fourth-order valence-corrected chi connectivity index (χ4v) is 3.31. The van der Waals surface area contributed by atoms with Crippen LogP contribution in [-0.4, -0.2) is 35.0 Å². The summed E-state index contributed by atoms with van der Waals surface area (Å²) in [5.74, 6) is -1.83. The van der Waals surface area contributed by atoms with Gasteiger partial charge in [0.2, 0.25) is 6.10 Å². The van der Waals surface area contributed by atoms with E-state index in [0.29, 0.717) is 31.5 Å². The minimum Gasteiger partial charge on any atom is -0.481 e. The number of carbonyl (C=O) groups excluding carboxylic acids is 1. The smallest absolute Gasteiger partial charge is 0.306 e. The largest absolute Gasteiger partial charge is 0.481 e. The van der Waals surface area contributed by atoms with Crippen molar-refractivity contribution >= 4 is 23.5 Å². The van der Waals surface area contributed by atoms with Crippen molar-refractivity contribution < 1.29 is 23.8 Å². The minimum atomic E-state index is -0.949. The summed E-state index contributed by atoms with van der Waals surface area (Å²) >= 11 is 6.05. The van der Waals surface area contributed by atoms with Gasteiger partial charge < -0.3 is 14.7 Å². The molecule has 0 aliphatic carbocycles. The van der Waals surface area contributed by atoms with Gasteiger partial charge in [-0.3, -0.25) is 9.59 Å². The first-order chi connectivity index (χ1) is 13.0. The van der Waals surface area contributed by atoms with Crippen molar-refractivity contribution in [2.45, 2.75) is 18.9 Å². The normalized spacial score (nSPS) is 16.0. The Bertz CT molecular complexity index is 822. The van der Waals surface area contributed by atoms with Gasteiger partial charge >= 0.3 is 5.97 Å². The Morgan fingerprint density at radius 2 is 1.81 bits per heavy atom. The second kappa shape index (κ2) is 8.39. The molecule has 3 rings (SSSR count). The van der Waals surface area contributed by atoms with Crippen molar-refractivity contribution in [1.82, 2.24) is 4.90 Å². The third-order valence-corrected chi connectivity index (χ3v) is 4.92. The van der Waals surface area contributed by atoms with Crippen LogP contribution in [0.1, 0.15) is 24.5 Å². The van der Waals surface area contributed by atoms with Crippen molar-refractivity contribution in [3.63, 3.8) is 0 Å². The van der Waals surface area contributed by atoms with Gasteiger partial charge in [0, 0.05) is 18.7 Å². The quantitative estimate of drug-likeness (QED) is 0.838. The van der Waals surface area contributed by atoms with E-state index < -0.39 is 23.8 Å². The van der Waals surface area contributed by atoms with E-state index in [1.807, 2.05) is 6.07 Å². The molecule has 142 valence electrons. The molecule has 1 fully saturated rings. The number of nitrogens with zero attached hydrogens (tertiary/aromatic N) is 1. The first-order valence-electron chi connectivity index (χ1n) is 8.64. The van der Waals surface area contributed by atoms with Gasteiger partial charge in [-0.1, -0.05) is 41.9 Å². The zero-order chi connectivity index (χ0) is 19.4. The number of piperidine rings is 1. The molecule has 0 aromatic heterocycles. The number of aliphatic carboxylic acids is 1. The highest BCUT2D eigenvalue weighted by Gasteiger charge is 2.33. The van der Waals surface area contributed by atoms with Crippen LogP contribution in [0.5, 0.6) is 5.75 Å². The molecule has 1 aliphatic heterocycles. The van der Waals surface area contributed by atoms with Gasteiger partial charge in [0.1, 0.15) is 11.6 Å². The molecule has 1 aliphatic rings. The number of carboxylic acids is 1. The van der Waals surface area contributed by atoms with Crippen molar-refractivity contribution in [3.8, 4) is 5.75 Å². The van der Waals surface area contributed by atoms with E-state index in [1.54, 1.807) is 29.2 Å². The van der Waals surface area contributed by atoms with Gasteiger partial charge in [-0.05, 0) is 31.0 Å². The minimum absolute atomic E-state index is 0.0771. The van der Waals surface area contributed by atoms with E-state index >= 15 is 0 Å². The van der Waals surface area contributed by atoms with Crippen LogP contribution < -0.4 is 4.74 Å². The zero-order valence-corrected chi connectivity index (χ0v) is 15.2. The predicted molar refractivity (Wildman–Crippen MR) is 98.2 cm³/mol. The molecule has 0 spiro atoms. The summed E-state index contributed by atoms with van der Waals surface area (Å²) in [6.07, 6.45) is -0.143. The number of carboxylic acid groups (broad SMARTS) is 1. The molecular weight excluding hydrogens is 373 g/mol. The van der Waals surface area contributed by atoms with E-state index in [-0.39, 0.29) is 16.7 Å². The van der Waals surface area contributed by atoms with Crippen LogP contribution in [0.3, 0.4) is 0 Å². The number of rotatable bonds is 5. The van der Waals surface area contributed by atoms with Crippen LogP contribution in [0.4, 0.5) is 4.39 Å². The Kier molecular flexibility index (Phi) is 5.96. The molecule has 0 saturated carbocycles. The van der Waals surface area contributed by atoms with E-state index in [9.17, 15) is 14.0 Å². The van der Waals surface area contributed by atoms with Gasteiger partial charge in [0.15, 0.2) is 0 Å². The molecule has 2 aromatic rings. The second-order valence-corrected chi connectivity index (χ2v) is 6.83. The lowest BCUT2D eigenvalue weighted by atomic mass is 9.96. The fraction of sp³-hybridized carbons (Fsp3) is 0.300. The molecule has 1 N–H and O–H groups in total. The molecule has 1 saturated heterocycles. The monoisotopic (exact) mass is 391 g/mol. The number of benzene rings is 2. The predicted octanol–water partition coefficient (Wildman–Crippen LogP) is 3.92. The van der Waals surface area contributed by atoms with Crippen LogP contribution in [0.2, 0.25) is 5.02 Å². The first kappa shape index (κ1) is 19.2. The third-order valence-electron chi connectivity index (χ3n) is 4.62. The number of hydrogen-bond acceptors (Lipinski definition) is 3. The lowest BCUT2D eigenvalue weighted by Crippen LogP contribution is -2.43. The number of carbonyl (C=O) groups is 2. The second-order valence-electron chi connectivity index (χ2n) is 6.42. The Morgan fingerprint density at radius 3 is 2.41 bits per heavy atom. The molecule has 1 amide bonds. The van der Waals surface area contributed by atoms with Gasteiger partial charge in [-0.15, -0.1) is 0 Å². The van der Waals surface area contributed by atoms with E-state index in [4.69, 9.17) is 21.4 Å². The van der Waals surface area contributed by atoms with Gasteiger partial charge in [0.05, 0.1) is 10.9 Å². The average molecular weight is 392 g/mol. The third kappa shape index (κ3) is 4.57. The summed E-state index contributed by atoms with van der Waals surface area (Å²) in [4.78, 5) is 25.8. The number of amides is 1. The van der Waals surface area contributed by atoms with E-state index in [1.165, 1.54) is 12.1 Å². The molecule has 2 aromatic carbocycles. The van der Waals surface area contributed by atoms with E-state index in [2.05, 4.69) is 0 Å². The number of halogens is 2. The molecule has 27 heavy (non-hydrogen) atoms. The van der Waals surface area contributed by atoms with Crippen LogP contribution in [-0.2, 0) is 9.59 Å². The molecule has 7 heteroatoms. The first-order valence-corrected chi connectivity index (χ1v) is 9.01. The Morgan fingerprint density at radius 1 is 1.15 bits per heavy atom. The standard InChI is InChI=1S/C20H19ClFNO4/c21-16-12-15(22)6-7-17(16)27-18(13-4-2-1-3-5-13)19(24)23-10-8-14(9-11-23)20(25)26/h1-7,12,14,18H,8-11H2,(H,25,26). The van der Waals surface area contributed by atoms with Crippen molar-refractivity contribution in [2.75, 3.05) is 13.1 Å². The lowest BCUT2D eigenvalue weighted by Gasteiger charge is -2.33. The maximum Gasteiger partial charge on any atom is 0.306 e. The maximum atomic E-state index is 13.3. The summed E-state index contributed by atoms with van der Waals surface area (Å²) in [7, 11) is 0. The highest BCUT2D eigenvalue weighted by atomic mass is 35.5. The van der Waals surface area contributed by atoms with Crippen molar-refractivity contribution in [1.29, 1.82) is 0 Å². The van der Waals surface area contributed by atoms with Crippen LogP contribution in [0.25, 0.3) is 0 Å². The Labute approximate surface area is 161 Å². The topological polar surface area (TPSA) is 66.8 Å². The van der Waals surface area contributed by atoms with Crippen LogP contribution >= 0.6 is 11.6 Å². The van der Waals surface area contributed by atoms with Gasteiger partial charge in [-0.25, -0.2) is 4.39 Å². The van der Waals surface area contributed by atoms with Crippen molar-refractivity contribution in [3.05, 3.63) is 64.9 Å². The summed E-state index contributed by atoms with van der Waals surface area (Å²) in [6.45, 7) is 0.694. The van der Waals surface area contributed by atoms with Gasteiger partial charge in [0.25, 0.3) is 5.91 Å². The maximum absolute atomic E-state index is 13.3. The number of likely N-dealkylation sites (tertiary alicyclic amines) is 1. The SMILES string of the molecule is O=C(O)C1CCN(C(=O)C(Oc2ccc(F)cc2Cl)c2ccccc2)CC1. The number of ether oxygens (including phenoxy) is 1. The Hall–Kier alpha value is -2.60. The highest BCUT2D eigenvalue weighted by molar-refractivity contribution is 6.32. The molecule has 1 heterocycles. The Balaban J connectivity index is 1.82. The molecular formula is C20H19ClFNO4. The summed E-state index contributed by atoms with van der Waals surface area (Å²) < 4.78 is 19.2. The molecule has 1 unspecified atom stereocenters. The fourth-order valence-electron chi connectivity index (χ4n) is 3.10. The summed E-state index contributed by atoms with van der Waals surface area (Å²) in [5.41, 5.74) is 0.642. The van der Waals surface area contributed by atoms with Crippen LogP contribution in [0, 0.1) is 11.7 Å². The number of hydrogen-bond donors (Lipinski definition) is 1. The highest BCUT2D eigenvalue weighted by Crippen LogP contribution is 2.31. The molecule has 0 bridgehead atoms. The van der Waals surface area contributed by atoms with Gasteiger partial charge in [-0.2, -0.15) is 0 Å². The van der Waals surface area contributed by atoms with Crippen molar-refractivity contribution in [2.24, 2.45) is 5.92 Å². The molecule has 0 radical (unpaired) electrons. The average Bonchev–Trinajstić information content (AvgIpc) is 2.67. The van der Waals surface area contributed by atoms with Crippen LogP contribution in [0.15, 0.2) is 48.5 Å². The summed E-state index contributed by atoms with van der Waals surface area (Å²) in [6, 6.07) is 12.7. The molecule has 1 atom stereocenters. The molecule has 5 nitrogen and oxygen atoms in total. The zero-order valence-electron chi connectivity index (χ0n) is 14.5.